The number of anilines is 1. The number of hydrogen-bond donors (Lipinski definition) is 1. The molecule has 2 aromatic rings. The van der Waals surface area contributed by atoms with E-state index in [1.165, 1.54) is 0 Å². The minimum Gasteiger partial charge on any atom is -0.495 e. The Labute approximate surface area is 107 Å². The molecule has 0 fully saturated rings. The maximum atomic E-state index is 5.80. The van der Waals surface area contributed by atoms with Gasteiger partial charge in [0.25, 0.3) is 0 Å². The molecule has 1 aromatic carbocycles. The molecule has 18 heavy (non-hydrogen) atoms. The van der Waals surface area contributed by atoms with Gasteiger partial charge in [-0.05, 0) is 19.1 Å². The van der Waals surface area contributed by atoms with E-state index in [-0.39, 0.29) is 0 Å². The highest BCUT2D eigenvalue weighted by atomic mass is 16.5. The second-order valence-corrected chi connectivity index (χ2v) is 4.51. The van der Waals surface area contributed by atoms with Crippen molar-refractivity contribution >= 4 is 5.69 Å². The first-order valence-electron chi connectivity index (χ1n) is 5.90. The van der Waals surface area contributed by atoms with Crippen molar-refractivity contribution in [3.05, 3.63) is 29.8 Å². The first-order valence-corrected chi connectivity index (χ1v) is 5.90. The fourth-order valence-electron chi connectivity index (χ4n) is 1.73. The van der Waals surface area contributed by atoms with Crippen molar-refractivity contribution in [2.75, 3.05) is 12.8 Å². The van der Waals surface area contributed by atoms with E-state index in [1.54, 1.807) is 11.8 Å². The third-order valence-corrected chi connectivity index (χ3v) is 2.76. The summed E-state index contributed by atoms with van der Waals surface area (Å²) in [5.41, 5.74) is 7.31. The van der Waals surface area contributed by atoms with Gasteiger partial charge < -0.3 is 10.5 Å². The molecule has 2 N–H and O–H groups in total. The fourth-order valence-corrected chi connectivity index (χ4v) is 1.73. The van der Waals surface area contributed by atoms with E-state index in [1.807, 2.05) is 25.1 Å². The summed E-state index contributed by atoms with van der Waals surface area (Å²) in [7, 11) is 1.60. The van der Waals surface area contributed by atoms with Gasteiger partial charge in [0.15, 0.2) is 5.82 Å². The summed E-state index contributed by atoms with van der Waals surface area (Å²) in [6.45, 7) is 6.08. The van der Waals surface area contributed by atoms with Crippen molar-refractivity contribution in [1.82, 2.24) is 14.8 Å². The molecule has 0 amide bonds. The second kappa shape index (κ2) is 4.68. The van der Waals surface area contributed by atoms with Gasteiger partial charge in [0.05, 0.1) is 18.5 Å². The molecular weight excluding hydrogens is 228 g/mol. The maximum absolute atomic E-state index is 5.80. The van der Waals surface area contributed by atoms with Crippen LogP contribution in [0.2, 0.25) is 0 Å². The molecule has 5 nitrogen and oxygen atoms in total. The molecule has 1 aromatic heterocycles. The Bertz CT molecular complexity index is 560. The van der Waals surface area contributed by atoms with E-state index in [0.29, 0.717) is 17.4 Å². The first kappa shape index (κ1) is 12.4. The summed E-state index contributed by atoms with van der Waals surface area (Å²) in [6, 6.07) is 5.58. The van der Waals surface area contributed by atoms with Gasteiger partial charge in [0.2, 0.25) is 0 Å². The van der Waals surface area contributed by atoms with Gasteiger partial charge in [-0.1, -0.05) is 13.8 Å². The Hall–Kier alpha value is -2.04. The number of methoxy groups -OCH3 is 1. The van der Waals surface area contributed by atoms with E-state index in [9.17, 15) is 0 Å². The van der Waals surface area contributed by atoms with Crippen LogP contribution in [0.3, 0.4) is 0 Å². The van der Waals surface area contributed by atoms with E-state index in [0.717, 1.165) is 17.3 Å². The van der Waals surface area contributed by atoms with Crippen LogP contribution < -0.4 is 10.5 Å². The highest BCUT2D eigenvalue weighted by Gasteiger charge is 2.12. The molecule has 0 radical (unpaired) electrons. The predicted octanol–water partition coefficient (Wildman–Crippen LogP) is 2.29. The molecule has 0 atom stereocenters. The number of ether oxygens (including phenoxy) is 1. The molecular formula is C13H18N4O. The van der Waals surface area contributed by atoms with Crippen LogP contribution >= 0.6 is 0 Å². The molecule has 0 aliphatic heterocycles. The van der Waals surface area contributed by atoms with Gasteiger partial charge in [-0.25, -0.2) is 9.67 Å². The summed E-state index contributed by atoms with van der Waals surface area (Å²) in [5.74, 6) is 2.64. The number of aryl methyl sites for hydroxylation is 1. The SMILES string of the molecule is COc1cc(-n2nc(C(C)C)nc2C)ccc1N. The van der Waals surface area contributed by atoms with Gasteiger partial charge in [-0.2, -0.15) is 5.10 Å². The number of nitrogen functional groups attached to an aromatic ring is 1. The van der Waals surface area contributed by atoms with Crippen LogP contribution in [-0.4, -0.2) is 21.9 Å². The molecule has 0 bridgehead atoms. The third-order valence-electron chi connectivity index (χ3n) is 2.76. The van der Waals surface area contributed by atoms with E-state index < -0.39 is 0 Å². The van der Waals surface area contributed by atoms with E-state index in [2.05, 4.69) is 23.9 Å². The van der Waals surface area contributed by atoms with Crippen LogP contribution in [0.25, 0.3) is 5.69 Å². The molecule has 0 spiro atoms. The van der Waals surface area contributed by atoms with Crippen molar-refractivity contribution in [3.63, 3.8) is 0 Å². The Kier molecular flexibility index (Phi) is 3.23. The minimum absolute atomic E-state index is 0.306. The zero-order chi connectivity index (χ0) is 13.3. The normalized spacial score (nSPS) is 10.9. The molecule has 96 valence electrons. The van der Waals surface area contributed by atoms with Gasteiger partial charge in [-0.3, -0.25) is 0 Å². The summed E-state index contributed by atoms with van der Waals surface area (Å²) < 4.78 is 7.02. The standard InChI is InChI=1S/C13H18N4O/c1-8(2)13-15-9(3)17(16-13)10-5-6-11(14)12(7-10)18-4/h5-8H,14H2,1-4H3. The molecule has 0 saturated carbocycles. The average Bonchev–Trinajstić information content (AvgIpc) is 2.72. The zero-order valence-corrected chi connectivity index (χ0v) is 11.1. The van der Waals surface area contributed by atoms with Crippen molar-refractivity contribution in [2.24, 2.45) is 0 Å². The van der Waals surface area contributed by atoms with Gasteiger partial charge >= 0.3 is 0 Å². The van der Waals surface area contributed by atoms with Gasteiger partial charge in [0.1, 0.15) is 11.6 Å². The number of benzene rings is 1. The highest BCUT2D eigenvalue weighted by Crippen LogP contribution is 2.25. The number of aromatic nitrogens is 3. The lowest BCUT2D eigenvalue weighted by molar-refractivity contribution is 0.416. The summed E-state index contributed by atoms with van der Waals surface area (Å²) >= 11 is 0. The molecule has 2 rings (SSSR count). The van der Waals surface area contributed by atoms with Crippen molar-refractivity contribution in [2.45, 2.75) is 26.7 Å². The lowest BCUT2D eigenvalue weighted by atomic mass is 10.2. The Balaban J connectivity index is 2.48. The Morgan fingerprint density at radius 2 is 2.06 bits per heavy atom. The number of nitrogens with zero attached hydrogens (tertiary/aromatic N) is 3. The summed E-state index contributed by atoms with van der Waals surface area (Å²) in [6.07, 6.45) is 0. The van der Waals surface area contributed by atoms with Crippen LogP contribution in [0, 0.1) is 6.92 Å². The molecule has 5 heteroatoms. The zero-order valence-electron chi connectivity index (χ0n) is 11.1. The van der Waals surface area contributed by atoms with Crippen LogP contribution in [0.15, 0.2) is 18.2 Å². The second-order valence-electron chi connectivity index (χ2n) is 4.51. The Morgan fingerprint density at radius 3 is 2.61 bits per heavy atom. The largest absolute Gasteiger partial charge is 0.495 e. The number of hydrogen-bond acceptors (Lipinski definition) is 4. The molecule has 0 aliphatic carbocycles. The smallest absolute Gasteiger partial charge is 0.153 e. The third kappa shape index (κ3) is 2.16. The minimum atomic E-state index is 0.306. The average molecular weight is 246 g/mol. The molecule has 0 aliphatic rings. The lowest BCUT2D eigenvalue weighted by Crippen LogP contribution is -2.01. The van der Waals surface area contributed by atoms with Crippen molar-refractivity contribution < 1.29 is 4.74 Å². The lowest BCUT2D eigenvalue weighted by Gasteiger charge is -2.08. The van der Waals surface area contributed by atoms with Crippen LogP contribution in [0.4, 0.5) is 5.69 Å². The summed E-state index contributed by atoms with van der Waals surface area (Å²) in [5, 5.41) is 4.49. The quantitative estimate of drug-likeness (QED) is 0.844. The number of nitrogens with two attached hydrogens (primary N) is 1. The van der Waals surface area contributed by atoms with E-state index >= 15 is 0 Å². The van der Waals surface area contributed by atoms with Crippen LogP contribution in [0.5, 0.6) is 5.75 Å². The highest BCUT2D eigenvalue weighted by molar-refractivity contribution is 5.57. The molecule has 0 saturated heterocycles. The molecule has 1 heterocycles. The fraction of sp³-hybridized carbons (Fsp3) is 0.385. The predicted molar refractivity (Wildman–Crippen MR) is 71.1 cm³/mol. The van der Waals surface area contributed by atoms with Crippen molar-refractivity contribution in [1.29, 1.82) is 0 Å². The van der Waals surface area contributed by atoms with E-state index in [4.69, 9.17) is 10.5 Å². The van der Waals surface area contributed by atoms with Gasteiger partial charge in [0, 0.05) is 12.0 Å². The van der Waals surface area contributed by atoms with Gasteiger partial charge in [-0.15, -0.1) is 0 Å². The van der Waals surface area contributed by atoms with Crippen LogP contribution in [-0.2, 0) is 0 Å². The van der Waals surface area contributed by atoms with Crippen LogP contribution in [0.1, 0.15) is 31.4 Å². The Morgan fingerprint density at radius 1 is 1.33 bits per heavy atom. The maximum Gasteiger partial charge on any atom is 0.153 e. The molecule has 0 unspecified atom stereocenters. The first-order chi connectivity index (χ1) is 8.52. The summed E-state index contributed by atoms with van der Waals surface area (Å²) in [4.78, 5) is 4.44. The topological polar surface area (TPSA) is 66.0 Å². The monoisotopic (exact) mass is 246 g/mol. The number of rotatable bonds is 3. The van der Waals surface area contributed by atoms with Crippen molar-refractivity contribution in [3.8, 4) is 11.4 Å².